The van der Waals surface area contributed by atoms with Crippen LogP contribution >= 0.6 is 0 Å². The first-order valence-electron chi connectivity index (χ1n) is 7.16. The third-order valence-electron chi connectivity index (χ3n) is 3.48. The minimum Gasteiger partial charge on any atom is -0.484 e. The SMILES string of the molecule is CC[C@H](C)N(C)CCNC(=O)COc1ccc(C#N)cc1. The van der Waals surface area contributed by atoms with E-state index in [4.69, 9.17) is 10.00 Å². The highest BCUT2D eigenvalue weighted by molar-refractivity contribution is 5.77. The summed E-state index contributed by atoms with van der Waals surface area (Å²) >= 11 is 0. The maximum absolute atomic E-state index is 11.7. The summed E-state index contributed by atoms with van der Waals surface area (Å²) in [6.45, 7) is 5.72. The zero-order chi connectivity index (χ0) is 15.7. The van der Waals surface area contributed by atoms with Gasteiger partial charge in [-0.15, -0.1) is 0 Å². The average Bonchev–Trinajstić information content (AvgIpc) is 2.52. The standard InChI is InChI=1S/C16H23N3O2/c1-4-13(2)19(3)10-9-18-16(20)12-21-15-7-5-14(11-17)6-8-15/h5-8,13H,4,9-10,12H2,1-3H3,(H,18,20)/t13-/m0/s1. The van der Waals surface area contributed by atoms with Crippen LogP contribution in [-0.2, 0) is 4.79 Å². The molecule has 0 saturated carbocycles. The van der Waals surface area contributed by atoms with Crippen molar-refractivity contribution in [2.75, 3.05) is 26.7 Å². The van der Waals surface area contributed by atoms with E-state index in [1.165, 1.54) is 0 Å². The number of nitrogens with zero attached hydrogens (tertiary/aromatic N) is 2. The molecule has 0 saturated heterocycles. The van der Waals surface area contributed by atoms with Crippen LogP contribution in [0.4, 0.5) is 0 Å². The molecule has 1 atom stereocenters. The van der Waals surface area contributed by atoms with Crippen molar-refractivity contribution >= 4 is 5.91 Å². The van der Waals surface area contributed by atoms with Crippen LogP contribution in [0.5, 0.6) is 5.75 Å². The summed E-state index contributed by atoms with van der Waals surface area (Å²) in [7, 11) is 2.05. The zero-order valence-electron chi connectivity index (χ0n) is 12.9. The highest BCUT2D eigenvalue weighted by Crippen LogP contribution is 2.11. The van der Waals surface area contributed by atoms with Gasteiger partial charge in [0.15, 0.2) is 6.61 Å². The Bertz CT molecular complexity index is 479. The van der Waals surface area contributed by atoms with Gasteiger partial charge in [0.25, 0.3) is 5.91 Å². The van der Waals surface area contributed by atoms with Crippen LogP contribution in [0.3, 0.4) is 0 Å². The monoisotopic (exact) mass is 289 g/mol. The molecule has 0 bridgehead atoms. The number of nitriles is 1. The Hall–Kier alpha value is -2.06. The number of benzene rings is 1. The van der Waals surface area contributed by atoms with Crippen LogP contribution < -0.4 is 10.1 Å². The van der Waals surface area contributed by atoms with Gasteiger partial charge < -0.3 is 15.0 Å². The van der Waals surface area contributed by atoms with E-state index in [9.17, 15) is 4.79 Å². The lowest BCUT2D eigenvalue weighted by molar-refractivity contribution is -0.123. The van der Waals surface area contributed by atoms with Gasteiger partial charge in [-0.05, 0) is 44.7 Å². The molecule has 0 aromatic heterocycles. The second-order valence-corrected chi connectivity index (χ2v) is 5.01. The Morgan fingerprint density at radius 1 is 1.43 bits per heavy atom. The molecule has 0 unspecified atom stereocenters. The first-order valence-corrected chi connectivity index (χ1v) is 7.16. The van der Waals surface area contributed by atoms with Crippen LogP contribution in [0.15, 0.2) is 24.3 Å². The van der Waals surface area contributed by atoms with Gasteiger partial charge in [-0.25, -0.2) is 0 Å². The van der Waals surface area contributed by atoms with Crippen LogP contribution in [0.2, 0.25) is 0 Å². The number of likely N-dealkylation sites (N-methyl/N-ethyl adjacent to an activating group) is 1. The first-order chi connectivity index (χ1) is 10.1. The van der Waals surface area contributed by atoms with Crippen molar-refractivity contribution in [1.82, 2.24) is 10.2 Å². The first kappa shape index (κ1) is 17.0. The van der Waals surface area contributed by atoms with Gasteiger partial charge in [0.1, 0.15) is 5.75 Å². The molecule has 5 heteroatoms. The summed E-state index contributed by atoms with van der Waals surface area (Å²) in [5, 5.41) is 11.5. The van der Waals surface area contributed by atoms with Crippen molar-refractivity contribution < 1.29 is 9.53 Å². The fraction of sp³-hybridized carbons (Fsp3) is 0.500. The molecule has 1 rings (SSSR count). The third kappa shape index (κ3) is 6.28. The fourth-order valence-corrected chi connectivity index (χ4v) is 1.73. The van der Waals surface area contributed by atoms with E-state index in [0.29, 0.717) is 23.9 Å². The molecule has 0 aliphatic carbocycles. The molecule has 1 aromatic carbocycles. The van der Waals surface area contributed by atoms with Gasteiger partial charge >= 0.3 is 0 Å². The number of nitrogens with one attached hydrogen (secondary N) is 1. The van der Waals surface area contributed by atoms with Crippen LogP contribution in [-0.4, -0.2) is 43.6 Å². The average molecular weight is 289 g/mol. The van der Waals surface area contributed by atoms with Gasteiger partial charge in [-0.3, -0.25) is 4.79 Å². The molecule has 1 N–H and O–H groups in total. The Morgan fingerprint density at radius 2 is 2.10 bits per heavy atom. The van der Waals surface area contributed by atoms with Crippen molar-refractivity contribution in [3.63, 3.8) is 0 Å². The molecule has 5 nitrogen and oxygen atoms in total. The smallest absolute Gasteiger partial charge is 0.257 e. The van der Waals surface area contributed by atoms with E-state index >= 15 is 0 Å². The minimum atomic E-state index is -0.142. The Balaban J connectivity index is 2.23. The van der Waals surface area contributed by atoms with Gasteiger partial charge in [0.2, 0.25) is 0 Å². The summed E-state index contributed by atoms with van der Waals surface area (Å²) in [4.78, 5) is 13.9. The minimum absolute atomic E-state index is 0.0149. The van der Waals surface area contributed by atoms with E-state index in [2.05, 4.69) is 24.1 Å². The number of carbonyl (C=O) groups excluding carboxylic acids is 1. The number of hydrogen-bond donors (Lipinski definition) is 1. The van der Waals surface area contributed by atoms with Crippen molar-refractivity contribution in [2.24, 2.45) is 0 Å². The lowest BCUT2D eigenvalue weighted by Crippen LogP contribution is -2.38. The molecule has 114 valence electrons. The summed E-state index contributed by atoms with van der Waals surface area (Å²) in [5.41, 5.74) is 0.569. The van der Waals surface area contributed by atoms with Crippen molar-refractivity contribution in [2.45, 2.75) is 26.3 Å². The van der Waals surface area contributed by atoms with Crippen LogP contribution in [0, 0.1) is 11.3 Å². The maximum Gasteiger partial charge on any atom is 0.257 e. The lowest BCUT2D eigenvalue weighted by Gasteiger charge is -2.23. The zero-order valence-corrected chi connectivity index (χ0v) is 12.9. The Morgan fingerprint density at radius 3 is 2.67 bits per heavy atom. The summed E-state index contributed by atoms with van der Waals surface area (Å²) < 4.78 is 5.36. The molecule has 1 aromatic rings. The van der Waals surface area contributed by atoms with Gasteiger partial charge in [-0.2, -0.15) is 5.26 Å². The highest BCUT2D eigenvalue weighted by atomic mass is 16.5. The van der Waals surface area contributed by atoms with Crippen molar-refractivity contribution in [1.29, 1.82) is 5.26 Å². The maximum atomic E-state index is 11.7. The van der Waals surface area contributed by atoms with Gasteiger partial charge in [-0.1, -0.05) is 6.92 Å². The molecular weight excluding hydrogens is 266 g/mol. The quantitative estimate of drug-likeness (QED) is 0.792. The van der Waals surface area contributed by atoms with Gasteiger partial charge in [0, 0.05) is 19.1 Å². The van der Waals surface area contributed by atoms with Crippen LogP contribution in [0.1, 0.15) is 25.8 Å². The fourth-order valence-electron chi connectivity index (χ4n) is 1.73. The van der Waals surface area contributed by atoms with E-state index < -0.39 is 0 Å². The molecule has 21 heavy (non-hydrogen) atoms. The van der Waals surface area contributed by atoms with E-state index in [1.807, 2.05) is 13.1 Å². The summed E-state index contributed by atoms with van der Waals surface area (Å²) in [6, 6.07) is 9.23. The Labute approximate surface area is 126 Å². The van der Waals surface area contributed by atoms with Crippen LogP contribution in [0.25, 0.3) is 0 Å². The highest BCUT2D eigenvalue weighted by Gasteiger charge is 2.07. The third-order valence-corrected chi connectivity index (χ3v) is 3.48. The molecule has 0 fully saturated rings. The molecule has 1 amide bonds. The molecule has 0 aliphatic rings. The Kier molecular flexibility index (Phi) is 7.27. The normalized spacial score (nSPS) is 11.8. The van der Waals surface area contributed by atoms with Crippen molar-refractivity contribution in [3.8, 4) is 11.8 Å². The lowest BCUT2D eigenvalue weighted by atomic mass is 10.2. The summed E-state index contributed by atoms with van der Waals surface area (Å²) in [6.07, 6.45) is 1.09. The number of carbonyl (C=O) groups is 1. The molecule has 0 radical (unpaired) electrons. The number of hydrogen-bond acceptors (Lipinski definition) is 4. The van der Waals surface area contributed by atoms with E-state index in [1.54, 1.807) is 24.3 Å². The summed E-state index contributed by atoms with van der Waals surface area (Å²) in [5.74, 6) is 0.442. The number of ether oxygens (including phenoxy) is 1. The second kappa shape index (κ2) is 8.98. The molecular formula is C16H23N3O2. The number of amides is 1. The predicted octanol–water partition coefficient (Wildman–Crippen LogP) is 1.78. The molecule has 0 aliphatic heterocycles. The van der Waals surface area contributed by atoms with E-state index in [-0.39, 0.29) is 12.5 Å². The molecule has 0 spiro atoms. The predicted molar refractivity (Wildman–Crippen MR) is 82.0 cm³/mol. The topological polar surface area (TPSA) is 65.4 Å². The second-order valence-electron chi connectivity index (χ2n) is 5.01. The van der Waals surface area contributed by atoms with Gasteiger partial charge in [0.05, 0.1) is 11.6 Å². The van der Waals surface area contributed by atoms with E-state index in [0.717, 1.165) is 13.0 Å². The number of rotatable bonds is 8. The largest absolute Gasteiger partial charge is 0.484 e. The van der Waals surface area contributed by atoms with Crippen molar-refractivity contribution in [3.05, 3.63) is 29.8 Å². The molecule has 0 heterocycles.